The molecule has 0 spiro atoms. The van der Waals surface area contributed by atoms with Gasteiger partial charge in [-0.3, -0.25) is 4.98 Å². The van der Waals surface area contributed by atoms with Crippen molar-refractivity contribution in [1.82, 2.24) is 14.6 Å². The van der Waals surface area contributed by atoms with E-state index in [9.17, 15) is 22.1 Å². The van der Waals surface area contributed by atoms with Gasteiger partial charge < -0.3 is 9.80 Å². The first-order valence-corrected chi connectivity index (χ1v) is 19.1. The number of nitriles is 1. The molecule has 11 heteroatoms. The van der Waals surface area contributed by atoms with Crippen LogP contribution in [0.25, 0.3) is 0 Å². The largest absolute Gasteiger partial charge is 0.371 e. The van der Waals surface area contributed by atoms with Gasteiger partial charge in [-0.2, -0.15) is 5.26 Å². The Morgan fingerprint density at radius 1 is 0.889 bits per heavy atom. The van der Waals surface area contributed by atoms with E-state index in [2.05, 4.69) is 37.7 Å². The van der Waals surface area contributed by atoms with E-state index in [1.165, 1.54) is 30.8 Å². The highest BCUT2D eigenvalue weighted by Crippen LogP contribution is 2.50. The quantitative estimate of drug-likeness (QED) is 0.347. The number of hydrogen-bond donors (Lipinski definition) is 1. The van der Waals surface area contributed by atoms with E-state index in [1.807, 2.05) is 30.3 Å². The Labute approximate surface area is 267 Å². The topological polar surface area (TPSA) is 123 Å². The SMILES string of the molecule is CS(=O)(=O)N[C@@H]1CCC[C@H]1C(C#N)(c1ccccc1)C1CCN(CC2CN(c3ccc(S(=O)(=O)c4ccncc4)cc3)C2)CC1. The summed E-state index contributed by atoms with van der Waals surface area (Å²) in [5.74, 6) is 0.602. The number of hydrogen-bond acceptors (Lipinski definition) is 8. The first-order chi connectivity index (χ1) is 21.6. The first kappa shape index (κ1) is 31.7. The molecule has 1 aliphatic carbocycles. The number of nitrogens with one attached hydrogen (secondary N) is 1. The third-order valence-corrected chi connectivity index (χ3v) is 12.6. The lowest BCUT2D eigenvalue weighted by Gasteiger charge is -2.48. The summed E-state index contributed by atoms with van der Waals surface area (Å²) in [5.41, 5.74) is 1.29. The van der Waals surface area contributed by atoms with Gasteiger partial charge in [0.05, 0.1) is 27.5 Å². The number of rotatable bonds is 10. The molecule has 3 heterocycles. The van der Waals surface area contributed by atoms with Crippen molar-refractivity contribution in [3.8, 4) is 6.07 Å². The Hall–Kier alpha value is -3.30. The highest BCUT2D eigenvalue weighted by molar-refractivity contribution is 7.91. The maximum Gasteiger partial charge on any atom is 0.208 e. The molecule has 2 aromatic carbocycles. The summed E-state index contributed by atoms with van der Waals surface area (Å²) in [7, 11) is -6.95. The highest BCUT2D eigenvalue weighted by Gasteiger charge is 2.52. The number of pyridine rings is 1. The number of benzene rings is 2. The lowest BCUT2D eigenvalue weighted by Crippen LogP contribution is -2.55. The van der Waals surface area contributed by atoms with Crippen LogP contribution in [0.3, 0.4) is 0 Å². The maximum atomic E-state index is 12.9. The van der Waals surface area contributed by atoms with Crippen molar-refractivity contribution in [2.75, 3.05) is 43.9 Å². The van der Waals surface area contributed by atoms with Gasteiger partial charge in [0, 0.05) is 49.7 Å². The van der Waals surface area contributed by atoms with E-state index in [1.54, 1.807) is 12.1 Å². The van der Waals surface area contributed by atoms with Crippen molar-refractivity contribution in [2.24, 2.45) is 17.8 Å². The molecule has 238 valence electrons. The molecule has 1 N–H and O–H groups in total. The smallest absolute Gasteiger partial charge is 0.208 e. The highest BCUT2D eigenvalue weighted by atomic mass is 32.2. The molecule has 1 unspecified atom stereocenters. The Morgan fingerprint density at radius 2 is 1.53 bits per heavy atom. The van der Waals surface area contributed by atoms with Crippen molar-refractivity contribution in [3.05, 3.63) is 84.7 Å². The van der Waals surface area contributed by atoms with Crippen LogP contribution in [0.15, 0.2) is 88.9 Å². The molecule has 45 heavy (non-hydrogen) atoms. The van der Waals surface area contributed by atoms with E-state index >= 15 is 0 Å². The number of anilines is 1. The van der Waals surface area contributed by atoms with E-state index in [4.69, 9.17) is 0 Å². The minimum atomic E-state index is -3.57. The Bertz CT molecular complexity index is 1720. The second-order valence-corrected chi connectivity index (χ2v) is 16.6. The monoisotopic (exact) mass is 647 g/mol. The lowest BCUT2D eigenvalue weighted by atomic mass is 9.59. The minimum absolute atomic E-state index is 0.0672. The molecule has 0 bridgehead atoms. The predicted molar refractivity (Wildman–Crippen MR) is 174 cm³/mol. The molecule has 3 aliphatic rings. The molecule has 2 aliphatic heterocycles. The van der Waals surface area contributed by atoms with Crippen molar-refractivity contribution in [1.29, 1.82) is 5.26 Å². The van der Waals surface area contributed by atoms with Crippen LogP contribution < -0.4 is 9.62 Å². The molecule has 1 saturated carbocycles. The summed E-state index contributed by atoms with van der Waals surface area (Å²) in [6.07, 6.45) is 8.48. The van der Waals surface area contributed by atoms with Gasteiger partial charge in [0.2, 0.25) is 19.9 Å². The molecule has 6 rings (SSSR count). The van der Waals surface area contributed by atoms with Crippen LogP contribution in [0.2, 0.25) is 0 Å². The number of sulfonamides is 1. The molecule has 9 nitrogen and oxygen atoms in total. The number of nitrogens with zero attached hydrogens (tertiary/aromatic N) is 4. The van der Waals surface area contributed by atoms with Crippen molar-refractivity contribution in [2.45, 2.75) is 53.4 Å². The molecule has 1 aromatic heterocycles. The Balaban J connectivity index is 1.07. The summed E-state index contributed by atoms with van der Waals surface area (Å²) in [5, 5.41) is 10.9. The molecule has 3 atom stereocenters. The number of sulfone groups is 1. The van der Waals surface area contributed by atoms with Crippen LogP contribution in [-0.4, -0.2) is 71.7 Å². The van der Waals surface area contributed by atoms with E-state index in [0.29, 0.717) is 5.92 Å². The molecular weight excluding hydrogens is 607 g/mol. The van der Waals surface area contributed by atoms with Gasteiger partial charge in [-0.05, 0) is 92.6 Å². The fraction of sp³-hybridized carbons (Fsp3) is 0.471. The molecular formula is C34H41N5O4S2. The lowest BCUT2D eigenvalue weighted by molar-refractivity contribution is 0.0979. The second kappa shape index (κ2) is 12.8. The Morgan fingerprint density at radius 3 is 2.16 bits per heavy atom. The van der Waals surface area contributed by atoms with E-state index < -0.39 is 25.3 Å². The summed E-state index contributed by atoms with van der Waals surface area (Å²) >= 11 is 0. The molecule has 0 radical (unpaired) electrons. The zero-order chi connectivity index (χ0) is 31.7. The molecule has 3 aromatic rings. The van der Waals surface area contributed by atoms with Crippen LogP contribution in [0.1, 0.15) is 37.7 Å². The average molecular weight is 648 g/mol. The van der Waals surface area contributed by atoms with Crippen LogP contribution in [-0.2, 0) is 25.3 Å². The number of likely N-dealkylation sites (tertiary alicyclic amines) is 1. The third kappa shape index (κ3) is 6.52. The number of piperidine rings is 1. The predicted octanol–water partition coefficient (Wildman–Crippen LogP) is 4.24. The molecule has 3 fully saturated rings. The van der Waals surface area contributed by atoms with Crippen molar-refractivity contribution >= 4 is 25.5 Å². The van der Waals surface area contributed by atoms with Crippen LogP contribution in [0, 0.1) is 29.1 Å². The van der Waals surface area contributed by atoms with Crippen molar-refractivity contribution < 1.29 is 16.8 Å². The van der Waals surface area contributed by atoms with Gasteiger partial charge in [-0.25, -0.2) is 21.6 Å². The normalized spacial score (nSPS) is 23.2. The van der Waals surface area contributed by atoms with Gasteiger partial charge >= 0.3 is 0 Å². The van der Waals surface area contributed by atoms with Gasteiger partial charge in [-0.1, -0.05) is 36.8 Å². The number of aromatic nitrogens is 1. The van der Waals surface area contributed by atoms with Gasteiger partial charge in [-0.15, -0.1) is 0 Å². The average Bonchev–Trinajstić information content (AvgIpc) is 3.48. The fourth-order valence-electron chi connectivity index (χ4n) is 7.95. The first-order valence-electron chi connectivity index (χ1n) is 15.8. The zero-order valence-corrected chi connectivity index (χ0v) is 27.3. The molecule has 0 amide bonds. The summed E-state index contributed by atoms with van der Waals surface area (Å²) in [6.45, 7) is 4.66. The van der Waals surface area contributed by atoms with Gasteiger partial charge in [0.25, 0.3) is 0 Å². The van der Waals surface area contributed by atoms with E-state index in [0.717, 1.165) is 76.1 Å². The standard InChI is InChI=1S/C34H41N5O4S2/c1-44(40,41)37-33-9-5-8-32(33)34(25-35,27-6-3-2-4-7-27)28-16-20-38(21-17-28)22-26-23-39(24-26)29-10-12-30(13-11-29)45(42,43)31-14-18-36-19-15-31/h2-4,6-7,10-15,18-19,26,28,32-33,37H,5,8-9,16-17,20-24H2,1H3/t32-,33-,34?/m1/s1. The van der Waals surface area contributed by atoms with Gasteiger partial charge in [0.15, 0.2) is 0 Å². The van der Waals surface area contributed by atoms with E-state index in [-0.39, 0.29) is 27.7 Å². The van der Waals surface area contributed by atoms with Gasteiger partial charge in [0.1, 0.15) is 0 Å². The fourth-order valence-corrected chi connectivity index (χ4v) is 10.0. The second-order valence-electron chi connectivity index (χ2n) is 12.9. The maximum absolute atomic E-state index is 12.9. The molecule has 2 saturated heterocycles. The summed E-state index contributed by atoms with van der Waals surface area (Å²) in [6, 6.07) is 22.7. The Kier molecular flexibility index (Phi) is 9.03. The summed E-state index contributed by atoms with van der Waals surface area (Å²) < 4.78 is 53.2. The van der Waals surface area contributed by atoms with Crippen LogP contribution >= 0.6 is 0 Å². The zero-order valence-electron chi connectivity index (χ0n) is 25.6. The third-order valence-electron chi connectivity index (χ3n) is 10.1. The van der Waals surface area contributed by atoms with Crippen LogP contribution in [0.5, 0.6) is 0 Å². The van der Waals surface area contributed by atoms with Crippen LogP contribution in [0.4, 0.5) is 5.69 Å². The summed E-state index contributed by atoms with van der Waals surface area (Å²) in [4.78, 5) is 9.22. The minimum Gasteiger partial charge on any atom is -0.371 e. The van der Waals surface area contributed by atoms with Crippen molar-refractivity contribution in [3.63, 3.8) is 0 Å².